The molecule has 1 atom stereocenters. The van der Waals surface area contributed by atoms with E-state index in [1.165, 1.54) is 0 Å². The van der Waals surface area contributed by atoms with Gasteiger partial charge >= 0.3 is 0 Å². The maximum Gasteiger partial charge on any atom is 0.249 e. The largest absolute Gasteiger partial charge is 0.349 e. The summed E-state index contributed by atoms with van der Waals surface area (Å²) in [5.74, 6) is 0.170. The number of para-hydroxylation sites is 1. The van der Waals surface area contributed by atoms with E-state index in [2.05, 4.69) is 32.9 Å². The number of amides is 1. The Balaban J connectivity index is 1.72. The van der Waals surface area contributed by atoms with Crippen LogP contribution < -0.4 is 9.88 Å². The van der Waals surface area contributed by atoms with Gasteiger partial charge in [-0.2, -0.15) is 0 Å². The summed E-state index contributed by atoms with van der Waals surface area (Å²) in [5.41, 5.74) is 1.15. The van der Waals surface area contributed by atoms with Crippen molar-refractivity contribution in [3.05, 3.63) is 49.1 Å². The molecule has 1 fully saturated rings. The summed E-state index contributed by atoms with van der Waals surface area (Å²) < 4.78 is 4.19. The highest BCUT2D eigenvalue weighted by Gasteiger charge is 2.22. The number of hydrogen-bond donors (Lipinski definition) is 1. The van der Waals surface area contributed by atoms with E-state index >= 15 is 0 Å². The third kappa shape index (κ3) is 2.27. The summed E-state index contributed by atoms with van der Waals surface area (Å²) >= 11 is 0. The van der Waals surface area contributed by atoms with Gasteiger partial charge in [-0.3, -0.25) is 4.79 Å². The lowest BCUT2D eigenvalue weighted by molar-refractivity contribution is -0.698. The number of imidazole rings is 1. The van der Waals surface area contributed by atoms with Crippen LogP contribution in [0.3, 0.4) is 0 Å². The monoisotopic (exact) mass is 242 g/mol. The van der Waals surface area contributed by atoms with Gasteiger partial charge in [-0.15, -0.1) is 0 Å². The molecule has 4 nitrogen and oxygen atoms in total. The summed E-state index contributed by atoms with van der Waals surface area (Å²) in [6.45, 7) is 0.839. The second-order valence-electron chi connectivity index (χ2n) is 4.66. The molecule has 1 aromatic carbocycles. The first-order valence-electron chi connectivity index (χ1n) is 6.23. The molecule has 1 aliphatic heterocycles. The first kappa shape index (κ1) is 11.0. The van der Waals surface area contributed by atoms with Crippen molar-refractivity contribution >= 4 is 5.91 Å². The molecule has 3 rings (SSSR count). The predicted octanol–water partition coefficient (Wildman–Crippen LogP) is 1.04. The second-order valence-corrected chi connectivity index (χ2v) is 4.66. The maximum atomic E-state index is 11.1. The van der Waals surface area contributed by atoms with Crippen LogP contribution in [0.5, 0.6) is 0 Å². The molecule has 1 saturated heterocycles. The molecule has 1 aromatic heterocycles. The lowest BCUT2D eigenvalue weighted by Crippen LogP contribution is -2.42. The SMILES string of the molecule is O=C1CC[C@@H](C[n+]2ccn(-c3ccccc3)c2)N1. The summed E-state index contributed by atoms with van der Waals surface area (Å²) in [5, 5.41) is 2.98. The summed E-state index contributed by atoms with van der Waals surface area (Å²) in [6.07, 6.45) is 7.72. The van der Waals surface area contributed by atoms with Crippen LogP contribution >= 0.6 is 0 Å². The molecule has 0 saturated carbocycles. The Morgan fingerprint density at radius 3 is 2.89 bits per heavy atom. The molecule has 2 heterocycles. The fourth-order valence-electron chi connectivity index (χ4n) is 2.32. The molecule has 0 spiro atoms. The number of benzene rings is 1. The predicted molar refractivity (Wildman–Crippen MR) is 67.1 cm³/mol. The molecular formula is C14H16N3O+. The average Bonchev–Trinajstić information content (AvgIpc) is 3.01. The molecule has 4 heteroatoms. The minimum atomic E-state index is 0.170. The van der Waals surface area contributed by atoms with Gasteiger partial charge in [0.05, 0.1) is 6.04 Å². The number of nitrogens with zero attached hydrogens (tertiary/aromatic N) is 2. The summed E-state index contributed by atoms with van der Waals surface area (Å²) in [7, 11) is 0. The molecule has 1 amide bonds. The van der Waals surface area contributed by atoms with Crippen LogP contribution in [0.2, 0.25) is 0 Å². The van der Waals surface area contributed by atoms with Crippen LogP contribution in [0, 0.1) is 0 Å². The van der Waals surface area contributed by atoms with Crippen molar-refractivity contribution in [2.45, 2.75) is 25.4 Å². The van der Waals surface area contributed by atoms with E-state index in [1.807, 2.05) is 30.6 Å². The van der Waals surface area contributed by atoms with E-state index in [1.54, 1.807) is 0 Å². The molecule has 92 valence electrons. The zero-order chi connectivity index (χ0) is 12.4. The van der Waals surface area contributed by atoms with Crippen molar-refractivity contribution in [2.24, 2.45) is 0 Å². The normalized spacial score (nSPS) is 18.9. The van der Waals surface area contributed by atoms with Gasteiger partial charge in [-0.05, 0) is 18.6 Å². The van der Waals surface area contributed by atoms with Gasteiger partial charge in [-0.1, -0.05) is 18.2 Å². The first-order chi connectivity index (χ1) is 8.81. The Labute approximate surface area is 106 Å². The van der Waals surface area contributed by atoms with E-state index in [4.69, 9.17) is 0 Å². The van der Waals surface area contributed by atoms with Crippen LogP contribution in [0.25, 0.3) is 5.69 Å². The van der Waals surface area contributed by atoms with E-state index in [9.17, 15) is 4.79 Å². The molecule has 1 aliphatic rings. The number of carbonyl (C=O) groups is 1. The van der Waals surface area contributed by atoms with Gasteiger partial charge in [0.2, 0.25) is 12.2 Å². The van der Waals surface area contributed by atoms with Crippen LogP contribution in [-0.4, -0.2) is 16.5 Å². The van der Waals surface area contributed by atoms with E-state index in [-0.39, 0.29) is 11.9 Å². The Kier molecular flexibility index (Phi) is 2.84. The van der Waals surface area contributed by atoms with Crippen LogP contribution in [-0.2, 0) is 11.3 Å². The maximum absolute atomic E-state index is 11.1. The fraction of sp³-hybridized carbons (Fsp3) is 0.286. The molecule has 0 aliphatic carbocycles. The van der Waals surface area contributed by atoms with Gasteiger partial charge in [0.25, 0.3) is 0 Å². The van der Waals surface area contributed by atoms with Crippen LogP contribution in [0.1, 0.15) is 12.8 Å². The third-order valence-corrected chi connectivity index (χ3v) is 3.26. The number of hydrogen-bond acceptors (Lipinski definition) is 1. The molecule has 18 heavy (non-hydrogen) atoms. The minimum Gasteiger partial charge on any atom is -0.349 e. The van der Waals surface area contributed by atoms with Gasteiger partial charge < -0.3 is 5.32 Å². The minimum absolute atomic E-state index is 0.170. The van der Waals surface area contributed by atoms with Gasteiger partial charge in [0.15, 0.2) is 0 Å². The average molecular weight is 242 g/mol. The van der Waals surface area contributed by atoms with Crippen molar-refractivity contribution < 1.29 is 9.36 Å². The van der Waals surface area contributed by atoms with Gasteiger partial charge in [0.1, 0.15) is 24.6 Å². The highest BCUT2D eigenvalue weighted by Crippen LogP contribution is 2.07. The summed E-state index contributed by atoms with van der Waals surface area (Å²) in [6, 6.07) is 10.5. The Bertz CT molecular complexity index is 547. The standard InChI is InChI=1S/C14H15N3O/c18-14-7-6-12(15-14)10-16-8-9-17(11-16)13-4-2-1-3-5-13/h1-5,8-9,11-12H,6-7,10H2/p+1/t12-/m0/s1. The molecule has 2 aromatic rings. The molecule has 0 bridgehead atoms. The van der Waals surface area contributed by atoms with Crippen LogP contribution in [0.15, 0.2) is 49.1 Å². The topological polar surface area (TPSA) is 37.9 Å². The highest BCUT2D eigenvalue weighted by atomic mass is 16.1. The van der Waals surface area contributed by atoms with Gasteiger partial charge in [-0.25, -0.2) is 9.13 Å². The smallest absolute Gasteiger partial charge is 0.249 e. The van der Waals surface area contributed by atoms with Crippen molar-refractivity contribution in [1.29, 1.82) is 0 Å². The number of rotatable bonds is 3. The van der Waals surface area contributed by atoms with Crippen molar-refractivity contribution in [1.82, 2.24) is 9.88 Å². The molecule has 0 radical (unpaired) electrons. The second kappa shape index (κ2) is 4.64. The highest BCUT2D eigenvalue weighted by molar-refractivity contribution is 5.78. The summed E-state index contributed by atoms with van der Waals surface area (Å²) in [4.78, 5) is 11.1. The number of nitrogens with one attached hydrogen (secondary N) is 1. The first-order valence-corrected chi connectivity index (χ1v) is 6.23. The van der Waals surface area contributed by atoms with Crippen LogP contribution in [0.4, 0.5) is 0 Å². The quantitative estimate of drug-likeness (QED) is 0.802. The molecular weight excluding hydrogens is 226 g/mol. The van der Waals surface area contributed by atoms with E-state index in [0.29, 0.717) is 6.42 Å². The Morgan fingerprint density at radius 2 is 2.17 bits per heavy atom. The van der Waals surface area contributed by atoms with Crippen molar-refractivity contribution in [3.63, 3.8) is 0 Å². The van der Waals surface area contributed by atoms with Gasteiger partial charge in [0, 0.05) is 6.42 Å². The van der Waals surface area contributed by atoms with E-state index < -0.39 is 0 Å². The third-order valence-electron chi connectivity index (χ3n) is 3.26. The van der Waals surface area contributed by atoms with E-state index in [0.717, 1.165) is 18.7 Å². The fourth-order valence-corrected chi connectivity index (χ4v) is 2.32. The van der Waals surface area contributed by atoms with Crippen molar-refractivity contribution in [2.75, 3.05) is 0 Å². The lowest BCUT2D eigenvalue weighted by Gasteiger charge is -2.05. The Hall–Kier alpha value is -2.10. The van der Waals surface area contributed by atoms with Crippen molar-refractivity contribution in [3.8, 4) is 5.69 Å². The molecule has 0 unspecified atom stereocenters. The zero-order valence-electron chi connectivity index (χ0n) is 10.1. The number of carbonyl (C=O) groups excluding carboxylic acids is 1. The zero-order valence-corrected chi connectivity index (χ0v) is 10.1. The Morgan fingerprint density at radius 1 is 1.33 bits per heavy atom. The lowest BCUT2D eigenvalue weighted by atomic mass is 10.2. The number of aromatic nitrogens is 2. The molecule has 1 N–H and O–H groups in total.